The third-order valence-electron chi connectivity index (χ3n) is 3.23. The summed E-state index contributed by atoms with van der Waals surface area (Å²) in [6, 6.07) is 4.55. The molecule has 3 amide bonds. The van der Waals surface area contributed by atoms with Crippen molar-refractivity contribution in [2.45, 2.75) is 25.2 Å². The second-order valence-corrected chi connectivity index (χ2v) is 5.11. The maximum Gasteiger partial charge on any atom is 0.422 e. The van der Waals surface area contributed by atoms with Crippen molar-refractivity contribution in [3.8, 4) is 5.75 Å². The largest absolute Gasteiger partial charge is 0.484 e. The van der Waals surface area contributed by atoms with E-state index < -0.39 is 24.9 Å². The lowest BCUT2D eigenvalue weighted by Crippen LogP contribution is -2.43. The molecule has 0 aromatic heterocycles. The van der Waals surface area contributed by atoms with Gasteiger partial charge in [0, 0.05) is 6.54 Å². The second kappa shape index (κ2) is 6.76. The van der Waals surface area contributed by atoms with Gasteiger partial charge in [0.2, 0.25) is 5.91 Å². The first-order valence-corrected chi connectivity index (χ1v) is 6.89. The van der Waals surface area contributed by atoms with Crippen molar-refractivity contribution in [2.24, 2.45) is 0 Å². The van der Waals surface area contributed by atoms with Crippen LogP contribution in [0.4, 0.5) is 18.0 Å². The number of rotatable bonds is 5. The fraction of sp³-hybridized carbons (Fsp3) is 0.429. The van der Waals surface area contributed by atoms with Crippen molar-refractivity contribution in [1.29, 1.82) is 0 Å². The van der Waals surface area contributed by atoms with E-state index in [1.165, 1.54) is 12.1 Å². The van der Waals surface area contributed by atoms with E-state index in [0.717, 1.165) is 0 Å². The molecule has 0 aliphatic carbocycles. The van der Waals surface area contributed by atoms with Crippen LogP contribution in [0.15, 0.2) is 24.3 Å². The lowest BCUT2D eigenvalue weighted by molar-refractivity contribution is -0.153. The molecule has 1 fully saturated rings. The quantitative estimate of drug-likeness (QED) is 0.765. The summed E-state index contributed by atoms with van der Waals surface area (Å²) in [4.78, 5) is 22.9. The Hall–Kier alpha value is -2.45. The van der Waals surface area contributed by atoms with Crippen LogP contribution in [-0.2, 0) is 4.79 Å². The molecule has 9 heteroatoms. The van der Waals surface area contributed by atoms with Gasteiger partial charge in [0.25, 0.3) is 0 Å². The lowest BCUT2D eigenvalue weighted by Gasteiger charge is -2.17. The van der Waals surface area contributed by atoms with Gasteiger partial charge in [-0.3, -0.25) is 4.79 Å². The summed E-state index contributed by atoms with van der Waals surface area (Å²) in [6.45, 7) is 0.586. The number of halogens is 3. The van der Waals surface area contributed by atoms with E-state index in [4.69, 9.17) is 0 Å². The molecule has 1 aliphatic rings. The van der Waals surface area contributed by atoms with E-state index in [0.29, 0.717) is 5.56 Å². The molecule has 2 rings (SSSR count). The Kier molecular flexibility index (Phi) is 4.97. The Balaban J connectivity index is 1.88. The molecule has 0 bridgehead atoms. The fourth-order valence-electron chi connectivity index (χ4n) is 2.03. The van der Waals surface area contributed by atoms with Gasteiger partial charge in [-0.1, -0.05) is 12.1 Å². The Morgan fingerprint density at radius 1 is 1.39 bits per heavy atom. The SMILES string of the molecule is C[C@@H](NC(=O)[C@@H]1CNC(=O)N1)c1ccc(OCC(F)(F)F)cc1. The van der Waals surface area contributed by atoms with Crippen molar-refractivity contribution in [2.75, 3.05) is 13.2 Å². The average molecular weight is 331 g/mol. The van der Waals surface area contributed by atoms with Crippen LogP contribution >= 0.6 is 0 Å². The maximum atomic E-state index is 12.1. The van der Waals surface area contributed by atoms with E-state index in [-0.39, 0.29) is 24.2 Å². The third-order valence-corrected chi connectivity index (χ3v) is 3.23. The zero-order valence-corrected chi connectivity index (χ0v) is 12.2. The average Bonchev–Trinajstić information content (AvgIpc) is 2.91. The number of urea groups is 1. The topological polar surface area (TPSA) is 79.5 Å². The Morgan fingerprint density at radius 3 is 2.57 bits per heavy atom. The number of benzene rings is 1. The molecule has 6 nitrogen and oxygen atoms in total. The Bertz CT molecular complexity index is 575. The van der Waals surface area contributed by atoms with Gasteiger partial charge in [0.1, 0.15) is 11.8 Å². The minimum absolute atomic E-state index is 0.0943. The van der Waals surface area contributed by atoms with Gasteiger partial charge in [-0.05, 0) is 24.6 Å². The van der Waals surface area contributed by atoms with Gasteiger partial charge in [-0.2, -0.15) is 13.2 Å². The Morgan fingerprint density at radius 2 is 2.04 bits per heavy atom. The molecular formula is C14H16F3N3O3. The summed E-state index contributed by atoms with van der Waals surface area (Å²) in [6.07, 6.45) is -4.39. The van der Waals surface area contributed by atoms with E-state index in [2.05, 4.69) is 20.7 Å². The molecule has 23 heavy (non-hydrogen) atoms. The van der Waals surface area contributed by atoms with Crippen molar-refractivity contribution >= 4 is 11.9 Å². The summed E-state index contributed by atoms with van der Waals surface area (Å²) in [5, 5.41) is 7.66. The molecule has 3 N–H and O–H groups in total. The van der Waals surface area contributed by atoms with E-state index in [1.807, 2.05) is 0 Å². The number of carbonyl (C=O) groups is 2. The standard InChI is InChI=1S/C14H16F3N3O3/c1-8(19-12(21)11-6-18-13(22)20-11)9-2-4-10(5-3-9)23-7-14(15,16)17/h2-5,8,11H,6-7H2,1H3,(H,19,21)(H2,18,20,22)/t8-,11+/m1/s1. The van der Waals surface area contributed by atoms with Gasteiger partial charge < -0.3 is 20.7 Å². The van der Waals surface area contributed by atoms with Crippen molar-refractivity contribution in [3.63, 3.8) is 0 Å². The number of ether oxygens (including phenoxy) is 1. The molecule has 0 radical (unpaired) electrons. The lowest BCUT2D eigenvalue weighted by atomic mass is 10.1. The molecule has 126 valence electrons. The highest BCUT2D eigenvalue weighted by molar-refractivity contribution is 5.90. The molecule has 1 saturated heterocycles. The molecule has 0 spiro atoms. The highest BCUT2D eigenvalue weighted by Gasteiger charge is 2.29. The number of carbonyl (C=O) groups excluding carboxylic acids is 2. The summed E-state index contributed by atoms with van der Waals surface area (Å²) in [7, 11) is 0. The molecule has 2 atom stereocenters. The summed E-state index contributed by atoms with van der Waals surface area (Å²) < 4.78 is 40.8. The van der Waals surface area contributed by atoms with Crippen LogP contribution in [-0.4, -0.2) is 37.3 Å². The molecule has 1 heterocycles. The molecule has 0 saturated carbocycles. The van der Waals surface area contributed by atoms with Crippen molar-refractivity contribution < 1.29 is 27.5 Å². The monoisotopic (exact) mass is 331 g/mol. The zero-order chi connectivity index (χ0) is 17.0. The third kappa shape index (κ3) is 5.04. The van der Waals surface area contributed by atoms with Crippen LogP contribution in [0.1, 0.15) is 18.5 Å². The van der Waals surface area contributed by atoms with Crippen molar-refractivity contribution in [3.05, 3.63) is 29.8 Å². The van der Waals surface area contributed by atoms with Crippen LogP contribution in [0.5, 0.6) is 5.75 Å². The van der Waals surface area contributed by atoms with Crippen LogP contribution < -0.4 is 20.7 Å². The summed E-state index contributed by atoms with van der Waals surface area (Å²) >= 11 is 0. The van der Waals surface area contributed by atoms with Gasteiger partial charge in [-0.25, -0.2) is 4.79 Å². The first kappa shape index (κ1) is 16.9. The van der Waals surface area contributed by atoms with E-state index in [1.54, 1.807) is 19.1 Å². The number of amides is 3. The van der Waals surface area contributed by atoms with Gasteiger partial charge in [-0.15, -0.1) is 0 Å². The van der Waals surface area contributed by atoms with Gasteiger partial charge in [0.15, 0.2) is 6.61 Å². The van der Waals surface area contributed by atoms with Gasteiger partial charge in [0.05, 0.1) is 6.04 Å². The fourth-order valence-corrected chi connectivity index (χ4v) is 2.03. The van der Waals surface area contributed by atoms with Crippen LogP contribution in [0, 0.1) is 0 Å². The Labute approximate surface area is 130 Å². The predicted octanol–water partition coefficient (Wildman–Crippen LogP) is 1.49. The van der Waals surface area contributed by atoms with Gasteiger partial charge >= 0.3 is 12.2 Å². The molecular weight excluding hydrogens is 315 g/mol. The number of hydrogen-bond acceptors (Lipinski definition) is 3. The summed E-state index contributed by atoms with van der Waals surface area (Å²) in [5.74, 6) is -0.245. The maximum absolute atomic E-state index is 12.1. The summed E-state index contributed by atoms with van der Waals surface area (Å²) in [5.41, 5.74) is 0.704. The van der Waals surface area contributed by atoms with E-state index in [9.17, 15) is 22.8 Å². The zero-order valence-electron chi connectivity index (χ0n) is 12.2. The minimum Gasteiger partial charge on any atom is -0.484 e. The minimum atomic E-state index is -4.39. The van der Waals surface area contributed by atoms with Crippen LogP contribution in [0.25, 0.3) is 0 Å². The second-order valence-electron chi connectivity index (χ2n) is 5.11. The van der Waals surface area contributed by atoms with Crippen LogP contribution in [0.2, 0.25) is 0 Å². The highest BCUT2D eigenvalue weighted by Crippen LogP contribution is 2.21. The molecule has 0 unspecified atom stereocenters. The first-order chi connectivity index (χ1) is 10.7. The van der Waals surface area contributed by atoms with Crippen molar-refractivity contribution in [1.82, 2.24) is 16.0 Å². The normalized spacial score (nSPS) is 18.8. The smallest absolute Gasteiger partial charge is 0.422 e. The number of hydrogen-bond donors (Lipinski definition) is 3. The predicted molar refractivity (Wildman–Crippen MR) is 74.9 cm³/mol. The van der Waals surface area contributed by atoms with E-state index >= 15 is 0 Å². The highest BCUT2D eigenvalue weighted by atomic mass is 19.4. The molecule has 1 aliphatic heterocycles. The molecule has 1 aromatic carbocycles. The van der Waals surface area contributed by atoms with Crippen LogP contribution in [0.3, 0.4) is 0 Å². The molecule has 1 aromatic rings. The number of alkyl halides is 3. The first-order valence-electron chi connectivity index (χ1n) is 6.89. The number of nitrogens with one attached hydrogen (secondary N) is 3.